The van der Waals surface area contributed by atoms with Crippen molar-refractivity contribution < 1.29 is 17.9 Å². The van der Waals surface area contributed by atoms with E-state index in [1.807, 2.05) is 18.0 Å². The van der Waals surface area contributed by atoms with Crippen molar-refractivity contribution in [3.05, 3.63) is 24.3 Å². The highest BCUT2D eigenvalue weighted by atomic mass is 19.4. The maximum absolute atomic E-state index is 12.1. The van der Waals surface area contributed by atoms with Crippen molar-refractivity contribution in [3.8, 4) is 5.75 Å². The first-order valence-corrected chi connectivity index (χ1v) is 6.04. The molecule has 2 nitrogen and oxygen atoms in total. The zero-order valence-corrected chi connectivity index (χ0v) is 10.2. The summed E-state index contributed by atoms with van der Waals surface area (Å²) in [4.78, 5) is 2.04. The van der Waals surface area contributed by atoms with Gasteiger partial charge in [0.15, 0.2) is 0 Å². The van der Waals surface area contributed by atoms with Crippen molar-refractivity contribution >= 4 is 5.69 Å². The maximum atomic E-state index is 12.1. The van der Waals surface area contributed by atoms with Gasteiger partial charge < -0.3 is 9.64 Å². The number of hydrogen-bond acceptors (Lipinski definition) is 2. The molecule has 0 saturated heterocycles. The topological polar surface area (TPSA) is 12.5 Å². The SMILES string of the molecule is CN(c1cccc(OC(F)(F)F)c1)C1CCCC1. The number of anilines is 1. The molecule has 0 heterocycles. The predicted octanol–water partition coefficient (Wildman–Crippen LogP) is 3.96. The average Bonchev–Trinajstić information content (AvgIpc) is 2.79. The minimum atomic E-state index is -4.63. The zero-order valence-electron chi connectivity index (χ0n) is 10.2. The second-order valence-corrected chi connectivity index (χ2v) is 4.59. The van der Waals surface area contributed by atoms with Gasteiger partial charge >= 0.3 is 6.36 Å². The number of hydrogen-bond donors (Lipinski definition) is 0. The molecule has 0 N–H and O–H groups in total. The Hall–Kier alpha value is -1.39. The fraction of sp³-hybridized carbons (Fsp3) is 0.538. The van der Waals surface area contributed by atoms with Crippen molar-refractivity contribution in [1.82, 2.24) is 0 Å². The summed E-state index contributed by atoms with van der Waals surface area (Å²) in [6.07, 6.45) is -0.0617. The van der Waals surface area contributed by atoms with Crippen molar-refractivity contribution in [2.45, 2.75) is 38.1 Å². The molecule has 0 bridgehead atoms. The smallest absolute Gasteiger partial charge is 0.406 e. The van der Waals surface area contributed by atoms with Gasteiger partial charge in [-0.3, -0.25) is 0 Å². The molecule has 0 aromatic heterocycles. The quantitative estimate of drug-likeness (QED) is 0.814. The van der Waals surface area contributed by atoms with Crippen molar-refractivity contribution in [2.75, 3.05) is 11.9 Å². The van der Waals surface area contributed by atoms with Crippen LogP contribution in [0.5, 0.6) is 5.75 Å². The van der Waals surface area contributed by atoms with Crippen LogP contribution in [0.1, 0.15) is 25.7 Å². The van der Waals surface area contributed by atoms with E-state index in [1.165, 1.54) is 25.0 Å². The van der Waals surface area contributed by atoms with Crippen LogP contribution >= 0.6 is 0 Å². The van der Waals surface area contributed by atoms with E-state index in [9.17, 15) is 13.2 Å². The molecule has 1 saturated carbocycles. The number of alkyl halides is 3. The monoisotopic (exact) mass is 259 g/mol. The lowest BCUT2D eigenvalue weighted by Crippen LogP contribution is -2.28. The van der Waals surface area contributed by atoms with E-state index in [-0.39, 0.29) is 5.75 Å². The summed E-state index contributed by atoms with van der Waals surface area (Å²) in [6, 6.07) is 6.57. The second kappa shape index (κ2) is 5.08. The van der Waals surface area contributed by atoms with Gasteiger partial charge in [-0.25, -0.2) is 0 Å². The van der Waals surface area contributed by atoms with Gasteiger partial charge in [0.1, 0.15) is 5.75 Å². The van der Waals surface area contributed by atoms with Gasteiger partial charge in [-0.1, -0.05) is 18.9 Å². The van der Waals surface area contributed by atoms with Gasteiger partial charge in [0.05, 0.1) is 0 Å². The van der Waals surface area contributed by atoms with Crippen LogP contribution in [0.3, 0.4) is 0 Å². The molecular weight excluding hydrogens is 243 g/mol. The minimum Gasteiger partial charge on any atom is -0.406 e. The molecule has 1 aromatic carbocycles. The number of ether oxygens (including phenoxy) is 1. The molecule has 1 aliphatic carbocycles. The molecule has 0 aliphatic heterocycles. The number of rotatable bonds is 3. The third kappa shape index (κ3) is 3.31. The van der Waals surface area contributed by atoms with Crippen LogP contribution in [0, 0.1) is 0 Å². The Balaban J connectivity index is 2.11. The number of halogens is 3. The zero-order chi connectivity index (χ0) is 13.2. The lowest BCUT2D eigenvalue weighted by atomic mass is 10.2. The van der Waals surface area contributed by atoms with Crippen LogP contribution in [0.4, 0.5) is 18.9 Å². The molecule has 0 atom stereocenters. The van der Waals surface area contributed by atoms with E-state index < -0.39 is 6.36 Å². The highest BCUT2D eigenvalue weighted by Gasteiger charge is 2.31. The van der Waals surface area contributed by atoms with Crippen molar-refractivity contribution in [1.29, 1.82) is 0 Å². The van der Waals surface area contributed by atoms with E-state index >= 15 is 0 Å². The second-order valence-electron chi connectivity index (χ2n) is 4.59. The molecular formula is C13H16F3NO. The highest BCUT2D eigenvalue weighted by molar-refractivity contribution is 5.51. The third-order valence-electron chi connectivity index (χ3n) is 3.33. The molecule has 0 unspecified atom stereocenters. The Morgan fingerprint density at radius 2 is 1.89 bits per heavy atom. The van der Waals surface area contributed by atoms with Crippen LogP contribution in [0.2, 0.25) is 0 Å². The van der Waals surface area contributed by atoms with E-state index in [2.05, 4.69) is 4.74 Å². The Kier molecular flexibility index (Phi) is 3.68. The lowest BCUT2D eigenvalue weighted by Gasteiger charge is -2.26. The Labute approximate surface area is 104 Å². The standard InChI is InChI=1S/C13H16F3NO/c1-17(10-5-2-3-6-10)11-7-4-8-12(9-11)18-13(14,15)16/h4,7-10H,2-3,5-6H2,1H3. The third-order valence-corrected chi connectivity index (χ3v) is 3.33. The molecule has 2 rings (SSSR count). The van der Waals surface area contributed by atoms with Crippen molar-refractivity contribution in [3.63, 3.8) is 0 Å². The van der Waals surface area contributed by atoms with Gasteiger partial charge in [-0.2, -0.15) is 0 Å². The van der Waals surface area contributed by atoms with Crippen LogP contribution in [-0.2, 0) is 0 Å². The Morgan fingerprint density at radius 3 is 2.50 bits per heavy atom. The summed E-state index contributed by atoms with van der Waals surface area (Å²) in [6.45, 7) is 0. The van der Waals surface area contributed by atoms with Gasteiger partial charge in [0.2, 0.25) is 0 Å². The van der Waals surface area contributed by atoms with Gasteiger partial charge in [0, 0.05) is 24.8 Å². The predicted molar refractivity (Wildman–Crippen MR) is 63.8 cm³/mol. The largest absolute Gasteiger partial charge is 0.573 e. The summed E-state index contributed by atoms with van der Waals surface area (Å²) >= 11 is 0. The minimum absolute atomic E-state index is 0.162. The molecule has 18 heavy (non-hydrogen) atoms. The molecule has 5 heteroatoms. The molecule has 1 fully saturated rings. The Morgan fingerprint density at radius 1 is 1.22 bits per heavy atom. The van der Waals surface area contributed by atoms with Gasteiger partial charge in [-0.05, 0) is 25.0 Å². The van der Waals surface area contributed by atoms with E-state index in [1.54, 1.807) is 6.07 Å². The summed E-state index contributed by atoms with van der Waals surface area (Å²) in [5.74, 6) is -0.162. The summed E-state index contributed by atoms with van der Waals surface area (Å²) < 4.78 is 40.3. The molecule has 0 spiro atoms. The fourth-order valence-electron chi connectivity index (χ4n) is 2.40. The highest BCUT2D eigenvalue weighted by Crippen LogP contribution is 2.30. The molecule has 100 valence electrons. The van der Waals surface area contributed by atoms with Gasteiger partial charge in [0.25, 0.3) is 0 Å². The average molecular weight is 259 g/mol. The molecule has 0 amide bonds. The van der Waals surface area contributed by atoms with E-state index in [4.69, 9.17) is 0 Å². The van der Waals surface area contributed by atoms with E-state index in [0.717, 1.165) is 18.5 Å². The summed E-state index contributed by atoms with van der Waals surface area (Å²) in [7, 11) is 1.92. The fourth-order valence-corrected chi connectivity index (χ4v) is 2.40. The van der Waals surface area contributed by atoms with Crippen LogP contribution in [0.15, 0.2) is 24.3 Å². The number of nitrogens with zero attached hydrogens (tertiary/aromatic N) is 1. The normalized spacial score (nSPS) is 16.9. The van der Waals surface area contributed by atoms with Crippen LogP contribution in [-0.4, -0.2) is 19.5 Å². The molecule has 0 radical (unpaired) electrons. The summed E-state index contributed by atoms with van der Waals surface area (Å²) in [5.41, 5.74) is 0.767. The van der Waals surface area contributed by atoms with Crippen molar-refractivity contribution in [2.24, 2.45) is 0 Å². The van der Waals surface area contributed by atoms with Crippen LogP contribution in [0.25, 0.3) is 0 Å². The molecule has 1 aromatic rings. The first kappa shape index (κ1) is 13.1. The first-order valence-electron chi connectivity index (χ1n) is 6.04. The molecule has 1 aliphatic rings. The first-order chi connectivity index (χ1) is 8.46. The van der Waals surface area contributed by atoms with Crippen LogP contribution < -0.4 is 9.64 Å². The summed E-state index contributed by atoms with van der Waals surface area (Å²) in [5, 5.41) is 0. The Bertz CT molecular complexity index is 399. The van der Waals surface area contributed by atoms with E-state index in [0.29, 0.717) is 6.04 Å². The maximum Gasteiger partial charge on any atom is 0.573 e. The lowest BCUT2D eigenvalue weighted by molar-refractivity contribution is -0.274. The van der Waals surface area contributed by atoms with Gasteiger partial charge in [-0.15, -0.1) is 13.2 Å². The number of benzene rings is 1.